The molecule has 0 aliphatic carbocycles. The molecule has 0 saturated carbocycles. The molecule has 0 unspecified atom stereocenters. The molecule has 6 rings (SSSR count). The van der Waals surface area contributed by atoms with Gasteiger partial charge in [0.25, 0.3) is 0 Å². The maximum atomic E-state index is 14.5. The van der Waals surface area contributed by atoms with Crippen LogP contribution in [0.15, 0.2) is 43.0 Å². The second-order valence-corrected chi connectivity index (χ2v) is 7.97. The quantitative estimate of drug-likeness (QED) is 0.441. The molecule has 4 aromatic heterocycles. The number of fused-ring (bicyclic) bond motifs is 3. The SMILES string of the molecule is CN(C)c1nc2c(-c3cnc(NCc4c(F)ccc5c4CCO5)n4cnnc34)cccn2n1. The van der Waals surface area contributed by atoms with Gasteiger partial charge in [-0.1, -0.05) is 0 Å². The highest BCUT2D eigenvalue weighted by Crippen LogP contribution is 2.31. The Kier molecular flexibility index (Phi) is 4.35. The molecular weight excluding hydrogens is 425 g/mol. The van der Waals surface area contributed by atoms with Gasteiger partial charge in [-0.25, -0.2) is 13.9 Å². The second kappa shape index (κ2) is 7.40. The summed E-state index contributed by atoms with van der Waals surface area (Å²) in [4.78, 5) is 11.1. The normalized spacial score (nSPS) is 12.8. The fourth-order valence-electron chi connectivity index (χ4n) is 4.11. The van der Waals surface area contributed by atoms with Gasteiger partial charge in [0, 0.05) is 61.7 Å². The number of hydrogen-bond acceptors (Lipinski definition) is 8. The van der Waals surface area contributed by atoms with Crippen molar-refractivity contribution in [2.45, 2.75) is 13.0 Å². The molecule has 0 amide bonds. The van der Waals surface area contributed by atoms with Crippen LogP contribution in [-0.2, 0) is 13.0 Å². The van der Waals surface area contributed by atoms with Gasteiger partial charge >= 0.3 is 0 Å². The van der Waals surface area contributed by atoms with E-state index in [1.165, 1.54) is 6.07 Å². The van der Waals surface area contributed by atoms with Crippen molar-refractivity contribution < 1.29 is 9.13 Å². The van der Waals surface area contributed by atoms with Crippen LogP contribution in [0, 0.1) is 5.82 Å². The topological polar surface area (TPSA) is 97.8 Å². The molecular formula is C22H20FN9O. The number of nitrogens with one attached hydrogen (secondary N) is 1. The molecule has 0 spiro atoms. The molecule has 33 heavy (non-hydrogen) atoms. The average Bonchev–Trinajstić information content (AvgIpc) is 3.57. The van der Waals surface area contributed by atoms with Crippen molar-refractivity contribution in [1.82, 2.24) is 34.2 Å². The lowest BCUT2D eigenvalue weighted by Crippen LogP contribution is -2.10. The Morgan fingerprint density at radius 1 is 1.18 bits per heavy atom. The highest BCUT2D eigenvalue weighted by molar-refractivity contribution is 5.86. The van der Waals surface area contributed by atoms with E-state index in [2.05, 4.69) is 30.6 Å². The first-order valence-corrected chi connectivity index (χ1v) is 10.5. The molecule has 1 aromatic carbocycles. The van der Waals surface area contributed by atoms with E-state index in [0.717, 1.165) is 22.4 Å². The highest BCUT2D eigenvalue weighted by Gasteiger charge is 2.21. The summed E-state index contributed by atoms with van der Waals surface area (Å²) in [6, 6.07) is 6.97. The lowest BCUT2D eigenvalue weighted by molar-refractivity contribution is 0.356. The summed E-state index contributed by atoms with van der Waals surface area (Å²) in [6.07, 6.45) is 5.84. The van der Waals surface area contributed by atoms with Crippen LogP contribution in [0.5, 0.6) is 5.75 Å². The fourth-order valence-corrected chi connectivity index (χ4v) is 4.11. The lowest BCUT2D eigenvalue weighted by atomic mass is 10.0. The van der Waals surface area contributed by atoms with Crippen LogP contribution in [-0.4, -0.2) is 54.9 Å². The number of halogens is 1. The van der Waals surface area contributed by atoms with Crippen LogP contribution in [0.3, 0.4) is 0 Å². The van der Waals surface area contributed by atoms with Crippen molar-refractivity contribution in [2.24, 2.45) is 0 Å². The summed E-state index contributed by atoms with van der Waals surface area (Å²) < 4.78 is 23.6. The van der Waals surface area contributed by atoms with Crippen LogP contribution in [0.1, 0.15) is 11.1 Å². The minimum absolute atomic E-state index is 0.265. The molecule has 166 valence electrons. The van der Waals surface area contributed by atoms with Crippen LogP contribution >= 0.6 is 0 Å². The number of aromatic nitrogens is 7. The van der Waals surface area contributed by atoms with Gasteiger partial charge in [0.1, 0.15) is 17.9 Å². The van der Waals surface area contributed by atoms with Gasteiger partial charge in [0.15, 0.2) is 11.3 Å². The molecule has 0 saturated heterocycles. The zero-order chi connectivity index (χ0) is 22.5. The third-order valence-corrected chi connectivity index (χ3v) is 5.74. The van der Waals surface area contributed by atoms with Gasteiger partial charge in [-0.3, -0.25) is 4.40 Å². The number of anilines is 2. The van der Waals surface area contributed by atoms with Gasteiger partial charge in [0.2, 0.25) is 11.9 Å². The van der Waals surface area contributed by atoms with Crippen LogP contribution in [0.25, 0.3) is 22.4 Å². The Bertz CT molecular complexity index is 1510. The minimum atomic E-state index is -0.265. The number of ether oxygens (including phenoxy) is 1. The van der Waals surface area contributed by atoms with E-state index in [9.17, 15) is 4.39 Å². The third-order valence-electron chi connectivity index (χ3n) is 5.74. The third kappa shape index (κ3) is 3.12. The maximum Gasteiger partial charge on any atom is 0.245 e. The van der Waals surface area contributed by atoms with E-state index >= 15 is 0 Å². The summed E-state index contributed by atoms with van der Waals surface area (Å²) in [5, 5.41) is 16.1. The second-order valence-electron chi connectivity index (χ2n) is 7.97. The first-order chi connectivity index (χ1) is 16.1. The Morgan fingerprint density at radius 3 is 2.97 bits per heavy atom. The molecule has 1 aliphatic heterocycles. The molecule has 10 nitrogen and oxygen atoms in total. The van der Waals surface area contributed by atoms with Crippen molar-refractivity contribution in [2.75, 3.05) is 30.9 Å². The largest absolute Gasteiger partial charge is 0.493 e. The van der Waals surface area contributed by atoms with Gasteiger partial charge in [0.05, 0.1) is 6.61 Å². The highest BCUT2D eigenvalue weighted by atomic mass is 19.1. The Balaban J connectivity index is 1.39. The molecule has 0 fully saturated rings. The van der Waals surface area contributed by atoms with Crippen LogP contribution in [0.2, 0.25) is 0 Å². The molecule has 0 bridgehead atoms. The van der Waals surface area contributed by atoms with Crippen molar-refractivity contribution in [1.29, 1.82) is 0 Å². The molecule has 1 N–H and O–H groups in total. The first kappa shape index (κ1) is 19.4. The number of hydrogen-bond donors (Lipinski definition) is 1. The molecule has 5 heterocycles. The zero-order valence-electron chi connectivity index (χ0n) is 18.0. The van der Waals surface area contributed by atoms with Gasteiger partial charge in [-0.05, 0) is 24.3 Å². The molecule has 0 atom stereocenters. The Labute approximate surface area is 187 Å². The van der Waals surface area contributed by atoms with Crippen LogP contribution in [0.4, 0.5) is 16.3 Å². The summed E-state index contributed by atoms with van der Waals surface area (Å²) in [5.74, 6) is 1.59. The molecule has 5 aromatic rings. The lowest BCUT2D eigenvalue weighted by Gasteiger charge is -2.12. The van der Waals surface area contributed by atoms with Gasteiger partial charge < -0.3 is 15.0 Å². The minimum Gasteiger partial charge on any atom is -0.493 e. The summed E-state index contributed by atoms with van der Waals surface area (Å²) in [7, 11) is 3.79. The monoisotopic (exact) mass is 445 g/mol. The van der Waals surface area contributed by atoms with Crippen molar-refractivity contribution >= 4 is 23.2 Å². The molecule has 11 heteroatoms. The number of nitrogens with zero attached hydrogens (tertiary/aromatic N) is 8. The first-order valence-electron chi connectivity index (χ1n) is 10.5. The van der Waals surface area contributed by atoms with E-state index in [1.807, 2.05) is 37.3 Å². The fraction of sp³-hybridized carbons (Fsp3) is 0.227. The van der Waals surface area contributed by atoms with Crippen molar-refractivity contribution in [3.05, 3.63) is 59.9 Å². The smallest absolute Gasteiger partial charge is 0.245 e. The van der Waals surface area contributed by atoms with E-state index in [0.29, 0.717) is 41.8 Å². The van der Waals surface area contributed by atoms with Gasteiger partial charge in [-0.15, -0.1) is 15.3 Å². The standard InChI is InChI=1S/C22H20FN9O/c1-30(2)22-27-19-14(4-3-8-32(19)29-22)16-11-25-21(31-12-26-28-20(16)31)24-10-15-13-7-9-33-18(13)6-5-17(15)23/h3-6,8,11-12H,7,9-10H2,1-2H3,(H,24,25). The predicted molar refractivity (Wildman–Crippen MR) is 120 cm³/mol. The predicted octanol–water partition coefficient (Wildman–Crippen LogP) is 2.59. The number of benzene rings is 1. The Hall–Kier alpha value is -4.28. The summed E-state index contributed by atoms with van der Waals surface area (Å²) in [5.41, 5.74) is 4.38. The summed E-state index contributed by atoms with van der Waals surface area (Å²) >= 11 is 0. The summed E-state index contributed by atoms with van der Waals surface area (Å²) in [6.45, 7) is 0.835. The maximum absolute atomic E-state index is 14.5. The van der Waals surface area contributed by atoms with Gasteiger partial charge in [-0.2, -0.15) is 4.98 Å². The molecule has 0 radical (unpaired) electrons. The van der Waals surface area contributed by atoms with Crippen molar-refractivity contribution in [3.8, 4) is 16.9 Å². The zero-order valence-corrected chi connectivity index (χ0v) is 18.0. The van der Waals surface area contributed by atoms with E-state index in [4.69, 9.17) is 4.74 Å². The van der Waals surface area contributed by atoms with Crippen LogP contribution < -0.4 is 15.0 Å². The Morgan fingerprint density at radius 2 is 2.09 bits per heavy atom. The average molecular weight is 445 g/mol. The van der Waals surface area contributed by atoms with E-state index in [-0.39, 0.29) is 12.4 Å². The van der Waals surface area contributed by atoms with E-state index < -0.39 is 0 Å². The number of rotatable bonds is 5. The number of pyridine rings is 1. The van der Waals surface area contributed by atoms with Crippen molar-refractivity contribution in [3.63, 3.8) is 0 Å². The molecule has 1 aliphatic rings. The van der Waals surface area contributed by atoms with E-state index in [1.54, 1.807) is 27.5 Å².